The second kappa shape index (κ2) is 3.58. The Balaban J connectivity index is 2.41. The topological polar surface area (TPSA) is 80.4 Å². The van der Waals surface area contributed by atoms with E-state index in [0.717, 1.165) is 0 Å². The van der Waals surface area contributed by atoms with Crippen LogP contribution in [0.25, 0.3) is 0 Å². The van der Waals surface area contributed by atoms with E-state index in [1.165, 1.54) is 24.3 Å². The zero-order valence-corrected chi connectivity index (χ0v) is 9.90. The minimum absolute atomic E-state index is 0.0935. The number of rotatable bonds is 3. The molecule has 0 radical (unpaired) electrons. The highest BCUT2D eigenvalue weighted by Crippen LogP contribution is 2.65. The Morgan fingerprint density at radius 2 is 1.82 bits per heavy atom. The van der Waals surface area contributed by atoms with Crippen molar-refractivity contribution >= 4 is 34.9 Å². The molecule has 1 aromatic rings. The molecule has 1 N–H and O–H groups in total. The number of hydrogen-bond acceptors (Lipinski definition) is 3. The second-order valence-corrected chi connectivity index (χ2v) is 5.38. The highest BCUT2D eigenvalue weighted by molar-refractivity contribution is 6.54. The van der Waals surface area contributed by atoms with Gasteiger partial charge in [0.1, 0.15) is 9.75 Å². The Labute approximate surface area is 106 Å². The highest BCUT2D eigenvalue weighted by Gasteiger charge is 2.72. The normalized spacial score (nSPS) is 25.3. The van der Waals surface area contributed by atoms with Crippen molar-refractivity contribution in [3.8, 4) is 0 Å². The van der Waals surface area contributed by atoms with Crippen LogP contribution in [0.1, 0.15) is 12.0 Å². The predicted molar refractivity (Wildman–Crippen MR) is 61.5 cm³/mol. The predicted octanol–water partition coefficient (Wildman–Crippen LogP) is 2.49. The van der Waals surface area contributed by atoms with E-state index in [1.807, 2.05) is 0 Å². The van der Waals surface area contributed by atoms with Gasteiger partial charge in [-0.1, -0.05) is 35.3 Å². The molecule has 7 heteroatoms. The number of hydrogen-bond donors (Lipinski definition) is 1. The van der Waals surface area contributed by atoms with Crippen molar-refractivity contribution in [2.24, 2.45) is 0 Å². The van der Waals surface area contributed by atoms with Gasteiger partial charge >= 0.3 is 5.97 Å². The Bertz CT molecular complexity index is 500. The summed E-state index contributed by atoms with van der Waals surface area (Å²) in [6, 6.07) is 5.22. The fourth-order valence-electron chi connectivity index (χ4n) is 1.83. The maximum absolute atomic E-state index is 11.2. The molecule has 0 bridgehead atoms. The van der Waals surface area contributed by atoms with Crippen molar-refractivity contribution in [2.45, 2.75) is 16.2 Å². The third-order valence-corrected chi connectivity index (χ3v) is 3.84. The minimum atomic E-state index is -1.36. The largest absolute Gasteiger partial charge is 0.480 e. The summed E-state index contributed by atoms with van der Waals surface area (Å²) in [4.78, 5) is 21.1. The van der Waals surface area contributed by atoms with Gasteiger partial charge in [-0.15, -0.1) is 0 Å². The van der Waals surface area contributed by atoms with Gasteiger partial charge in [0, 0.05) is 18.6 Å². The number of non-ortho nitro benzene ring substituents is 1. The van der Waals surface area contributed by atoms with Crippen molar-refractivity contribution < 1.29 is 14.8 Å². The molecule has 1 saturated carbocycles. The van der Waals surface area contributed by atoms with Gasteiger partial charge in [0.25, 0.3) is 5.69 Å². The summed E-state index contributed by atoms with van der Waals surface area (Å²) in [6.07, 6.45) is 0.0935. The van der Waals surface area contributed by atoms with Crippen LogP contribution in [-0.4, -0.2) is 20.3 Å². The third-order valence-electron chi connectivity index (χ3n) is 2.92. The molecular formula is C10H7Cl2NO4. The smallest absolute Gasteiger partial charge is 0.317 e. The molecule has 1 unspecified atom stereocenters. The molecule has 17 heavy (non-hydrogen) atoms. The van der Waals surface area contributed by atoms with Gasteiger partial charge in [0.2, 0.25) is 0 Å². The van der Waals surface area contributed by atoms with Crippen LogP contribution in [0.2, 0.25) is 0 Å². The van der Waals surface area contributed by atoms with Gasteiger partial charge in [-0.05, 0) is 5.56 Å². The average Bonchev–Trinajstić information content (AvgIpc) is 2.83. The fourth-order valence-corrected chi connectivity index (χ4v) is 2.61. The Kier molecular flexibility index (Phi) is 2.56. The first-order valence-electron chi connectivity index (χ1n) is 4.67. The van der Waals surface area contributed by atoms with E-state index in [2.05, 4.69) is 0 Å². The average molecular weight is 276 g/mol. The lowest BCUT2D eigenvalue weighted by atomic mass is 9.96. The fraction of sp³-hybridized carbons (Fsp3) is 0.300. The maximum Gasteiger partial charge on any atom is 0.317 e. The molecule has 5 nitrogen and oxygen atoms in total. The van der Waals surface area contributed by atoms with E-state index < -0.39 is 20.6 Å². The van der Waals surface area contributed by atoms with Crippen LogP contribution in [0, 0.1) is 10.1 Å². The summed E-state index contributed by atoms with van der Waals surface area (Å²) >= 11 is 11.7. The number of nitro benzene ring substituents is 1. The lowest BCUT2D eigenvalue weighted by Crippen LogP contribution is -2.26. The summed E-state index contributed by atoms with van der Waals surface area (Å²) in [6.45, 7) is 0. The number of carboxylic acid groups (broad SMARTS) is 1. The van der Waals surface area contributed by atoms with Gasteiger partial charge in [-0.3, -0.25) is 14.9 Å². The van der Waals surface area contributed by atoms with Crippen LogP contribution >= 0.6 is 23.2 Å². The maximum atomic E-state index is 11.2. The van der Waals surface area contributed by atoms with Crippen LogP contribution in [0.4, 0.5) is 5.69 Å². The Morgan fingerprint density at radius 1 is 1.35 bits per heavy atom. The van der Waals surface area contributed by atoms with E-state index in [-0.39, 0.29) is 12.1 Å². The Hall–Kier alpha value is -1.33. The molecule has 2 rings (SSSR count). The molecule has 0 heterocycles. The molecule has 0 saturated heterocycles. The molecule has 90 valence electrons. The van der Waals surface area contributed by atoms with Crippen LogP contribution in [-0.2, 0) is 10.2 Å². The standard InChI is InChI=1S/C10H7Cl2NO4/c11-10(12)5-9(10,8(14)15)6-1-3-7(4-2-6)13(16)17/h1-4H,5H2,(H,14,15). The van der Waals surface area contributed by atoms with Gasteiger partial charge in [0.05, 0.1) is 4.92 Å². The van der Waals surface area contributed by atoms with E-state index in [1.54, 1.807) is 0 Å². The van der Waals surface area contributed by atoms with Crippen molar-refractivity contribution in [3.05, 3.63) is 39.9 Å². The van der Waals surface area contributed by atoms with Gasteiger partial charge < -0.3 is 5.11 Å². The number of carbonyl (C=O) groups is 1. The molecule has 0 amide bonds. The monoisotopic (exact) mass is 275 g/mol. The molecular weight excluding hydrogens is 269 g/mol. The summed E-state index contributed by atoms with van der Waals surface area (Å²) < 4.78 is -1.35. The number of halogens is 2. The number of nitrogens with zero attached hydrogens (tertiary/aromatic N) is 1. The number of aliphatic carboxylic acids is 1. The van der Waals surface area contributed by atoms with E-state index in [0.29, 0.717) is 5.56 Å². The highest BCUT2D eigenvalue weighted by atomic mass is 35.5. The zero-order valence-electron chi connectivity index (χ0n) is 8.39. The van der Waals surface area contributed by atoms with Gasteiger partial charge in [0.15, 0.2) is 0 Å². The van der Waals surface area contributed by atoms with Crippen LogP contribution in [0.5, 0.6) is 0 Å². The lowest BCUT2D eigenvalue weighted by molar-refractivity contribution is -0.384. The summed E-state index contributed by atoms with van der Waals surface area (Å²) in [5, 5.41) is 19.6. The summed E-state index contributed by atoms with van der Waals surface area (Å²) in [5.74, 6) is -1.13. The number of carboxylic acids is 1. The minimum Gasteiger partial charge on any atom is -0.480 e. The molecule has 0 spiro atoms. The third kappa shape index (κ3) is 1.66. The molecule has 0 aliphatic heterocycles. The first kappa shape index (κ1) is 12.1. The van der Waals surface area contributed by atoms with Crippen LogP contribution in [0.3, 0.4) is 0 Å². The summed E-state index contributed by atoms with van der Waals surface area (Å²) in [7, 11) is 0. The number of alkyl halides is 2. The first-order chi connectivity index (χ1) is 7.81. The molecule has 1 aromatic carbocycles. The SMILES string of the molecule is O=C(O)C1(c2ccc([N+](=O)[O-])cc2)CC1(Cl)Cl. The lowest BCUT2D eigenvalue weighted by Gasteiger charge is -2.12. The molecule has 1 aliphatic carbocycles. The Morgan fingerprint density at radius 3 is 2.12 bits per heavy atom. The molecule has 0 aromatic heterocycles. The number of benzene rings is 1. The van der Waals surface area contributed by atoms with Crippen molar-refractivity contribution in [2.75, 3.05) is 0 Å². The second-order valence-electron chi connectivity index (χ2n) is 3.90. The quantitative estimate of drug-likeness (QED) is 0.522. The van der Waals surface area contributed by atoms with Crippen molar-refractivity contribution in [1.82, 2.24) is 0 Å². The zero-order chi connectivity index (χ0) is 12.8. The summed E-state index contributed by atoms with van der Waals surface area (Å²) in [5.41, 5.74) is -1.09. The van der Waals surface area contributed by atoms with E-state index >= 15 is 0 Å². The van der Waals surface area contributed by atoms with Crippen molar-refractivity contribution in [1.29, 1.82) is 0 Å². The van der Waals surface area contributed by atoms with Crippen LogP contribution < -0.4 is 0 Å². The van der Waals surface area contributed by atoms with Gasteiger partial charge in [-0.25, -0.2) is 0 Å². The molecule has 1 atom stereocenters. The number of nitro groups is 1. The van der Waals surface area contributed by atoms with E-state index in [4.69, 9.17) is 28.3 Å². The molecule has 1 aliphatic rings. The van der Waals surface area contributed by atoms with E-state index in [9.17, 15) is 14.9 Å². The van der Waals surface area contributed by atoms with Crippen LogP contribution in [0.15, 0.2) is 24.3 Å². The van der Waals surface area contributed by atoms with Crippen molar-refractivity contribution in [3.63, 3.8) is 0 Å². The molecule has 1 fully saturated rings. The van der Waals surface area contributed by atoms with Gasteiger partial charge in [-0.2, -0.15) is 0 Å². The first-order valence-corrected chi connectivity index (χ1v) is 5.43.